The summed E-state index contributed by atoms with van der Waals surface area (Å²) >= 11 is 0. The van der Waals surface area contributed by atoms with Crippen molar-refractivity contribution in [1.82, 2.24) is 15.5 Å². The van der Waals surface area contributed by atoms with Gasteiger partial charge in [-0.15, -0.1) is 10.2 Å². The highest BCUT2D eigenvalue weighted by atomic mass is 19.1. The molecular weight excluding hydrogens is 353 g/mol. The van der Waals surface area contributed by atoms with Crippen LogP contribution in [0, 0.1) is 5.82 Å². The summed E-state index contributed by atoms with van der Waals surface area (Å²) in [6.07, 6.45) is 8.64. The van der Waals surface area contributed by atoms with Gasteiger partial charge in [-0.05, 0) is 42.7 Å². The van der Waals surface area contributed by atoms with Gasteiger partial charge in [0.05, 0.1) is 0 Å². The molecule has 3 aromatic rings. The smallest absolute Gasteiger partial charge is 0.247 e. The molecule has 28 heavy (non-hydrogen) atoms. The zero-order chi connectivity index (χ0) is 19.2. The maximum absolute atomic E-state index is 13.5. The third-order valence-corrected chi connectivity index (χ3v) is 5.42. The minimum Gasteiger partial charge on any atom is -0.419 e. The fourth-order valence-corrected chi connectivity index (χ4v) is 3.87. The lowest BCUT2D eigenvalue weighted by atomic mass is 9.95. The van der Waals surface area contributed by atoms with Crippen LogP contribution in [0.15, 0.2) is 59.0 Å². The van der Waals surface area contributed by atoms with Crippen LogP contribution in [0.2, 0.25) is 0 Å². The third-order valence-electron chi connectivity index (χ3n) is 5.42. The van der Waals surface area contributed by atoms with Crippen LogP contribution in [0.4, 0.5) is 4.39 Å². The molecular formula is C23H26FN3O. The first kappa shape index (κ1) is 18.8. The Hall–Kier alpha value is -2.53. The van der Waals surface area contributed by atoms with E-state index in [9.17, 15) is 4.39 Å². The highest BCUT2D eigenvalue weighted by Crippen LogP contribution is 2.28. The molecule has 1 aliphatic carbocycles. The van der Waals surface area contributed by atoms with Crippen molar-refractivity contribution in [3.8, 4) is 11.5 Å². The van der Waals surface area contributed by atoms with E-state index in [2.05, 4.69) is 15.5 Å². The Balaban J connectivity index is 1.61. The third kappa shape index (κ3) is 4.65. The van der Waals surface area contributed by atoms with Crippen LogP contribution in [-0.2, 0) is 0 Å². The molecule has 146 valence electrons. The molecule has 0 spiro atoms. The van der Waals surface area contributed by atoms with E-state index in [0.29, 0.717) is 17.8 Å². The average Bonchev–Trinajstić information content (AvgIpc) is 3.19. The zero-order valence-corrected chi connectivity index (χ0v) is 16.0. The van der Waals surface area contributed by atoms with Crippen LogP contribution in [0.5, 0.6) is 0 Å². The minimum atomic E-state index is -0.246. The van der Waals surface area contributed by atoms with Gasteiger partial charge in [-0.3, -0.25) is 5.32 Å². The Morgan fingerprint density at radius 3 is 2.25 bits per heavy atom. The molecule has 4 rings (SSSR count). The quantitative estimate of drug-likeness (QED) is 0.621. The van der Waals surface area contributed by atoms with E-state index < -0.39 is 0 Å². The normalized spacial score (nSPS) is 17.0. The first-order valence-corrected chi connectivity index (χ1v) is 10.2. The molecule has 1 aromatic heterocycles. The molecule has 1 aliphatic rings. The van der Waals surface area contributed by atoms with Gasteiger partial charge in [0.25, 0.3) is 0 Å². The lowest BCUT2D eigenvalue weighted by molar-refractivity contribution is 0.342. The summed E-state index contributed by atoms with van der Waals surface area (Å²) in [4.78, 5) is 0. The van der Waals surface area contributed by atoms with Gasteiger partial charge in [0, 0.05) is 11.6 Å². The second kappa shape index (κ2) is 9.11. The van der Waals surface area contributed by atoms with Crippen LogP contribution >= 0.6 is 0 Å². The van der Waals surface area contributed by atoms with Crippen LogP contribution in [0.3, 0.4) is 0 Å². The molecule has 1 N–H and O–H groups in total. The first-order chi connectivity index (χ1) is 13.8. The largest absolute Gasteiger partial charge is 0.419 e. The molecule has 5 heteroatoms. The van der Waals surface area contributed by atoms with Crippen molar-refractivity contribution >= 4 is 0 Å². The van der Waals surface area contributed by atoms with E-state index in [1.54, 1.807) is 12.1 Å². The molecule has 2 aromatic carbocycles. The number of hydrogen-bond acceptors (Lipinski definition) is 4. The average molecular weight is 379 g/mol. The highest BCUT2D eigenvalue weighted by molar-refractivity contribution is 5.51. The summed E-state index contributed by atoms with van der Waals surface area (Å²) in [6, 6.07) is 16.5. The zero-order valence-electron chi connectivity index (χ0n) is 16.0. The van der Waals surface area contributed by atoms with Crippen molar-refractivity contribution < 1.29 is 8.81 Å². The first-order valence-electron chi connectivity index (χ1n) is 10.2. The van der Waals surface area contributed by atoms with Gasteiger partial charge in [-0.25, -0.2) is 4.39 Å². The molecule has 0 amide bonds. The van der Waals surface area contributed by atoms with Gasteiger partial charge in [-0.2, -0.15) is 0 Å². The monoisotopic (exact) mass is 379 g/mol. The number of aromatic nitrogens is 2. The van der Waals surface area contributed by atoms with E-state index in [0.717, 1.165) is 24.0 Å². The van der Waals surface area contributed by atoms with Crippen LogP contribution in [-0.4, -0.2) is 16.2 Å². The van der Waals surface area contributed by atoms with E-state index in [4.69, 9.17) is 4.42 Å². The topological polar surface area (TPSA) is 51.0 Å². The second-order valence-corrected chi connectivity index (χ2v) is 7.50. The summed E-state index contributed by atoms with van der Waals surface area (Å²) in [7, 11) is 0. The van der Waals surface area contributed by atoms with E-state index >= 15 is 0 Å². The second-order valence-electron chi connectivity index (χ2n) is 7.50. The predicted octanol–water partition coefficient (Wildman–Crippen LogP) is 5.67. The Labute approximate surface area is 165 Å². The number of nitrogens with zero attached hydrogens (tertiary/aromatic N) is 2. The van der Waals surface area contributed by atoms with Crippen molar-refractivity contribution in [3.05, 3.63) is 71.9 Å². The molecule has 1 fully saturated rings. The Morgan fingerprint density at radius 2 is 1.54 bits per heavy atom. The van der Waals surface area contributed by atoms with Crippen LogP contribution in [0.1, 0.15) is 62.4 Å². The Kier molecular flexibility index (Phi) is 6.12. The van der Waals surface area contributed by atoms with Gasteiger partial charge < -0.3 is 4.42 Å². The van der Waals surface area contributed by atoms with Crippen molar-refractivity contribution in [2.75, 3.05) is 0 Å². The van der Waals surface area contributed by atoms with E-state index in [1.807, 2.05) is 30.3 Å². The number of rotatable bonds is 5. The summed E-state index contributed by atoms with van der Waals surface area (Å²) < 4.78 is 19.5. The molecule has 0 bridgehead atoms. The maximum Gasteiger partial charge on any atom is 0.247 e. The van der Waals surface area contributed by atoms with Gasteiger partial charge in [0.15, 0.2) is 0 Å². The summed E-state index contributed by atoms with van der Waals surface area (Å²) in [6.45, 7) is 0. The molecule has 0 aliphatic heterocycles. The van der Waals surface area contributed by atoms with Crippen molar-refractivity contribution in [3.63, 3.8) is 0 Å². The van der Waals surface area contributed by atoms with Gasteiger partial charge in [0.2, 0.25) is 11.8 Å². The van der Waals surface area contributed by atoms with Gasteiger partial charge >= 0.3 is 0 Å². The van der Waals surface area contributed by atoms with Crippen molar-refractivity contribution in [1.29, 1.82) is 0 Å². The number of hydrogen-bond donors (Lipinski definition) is 1. The predicted molar refractivity (Wildman–Crippen MR) is 107 cm³/mol. The van der Waals surface area contributed by atoms with Crippen LogP contribution < -0.4 is 5.32 Å². The standard InChI is InChI=1S/C23H26FN3O/c24-19-15-13-17(14-16-19)21(25-20-11-7-2-1-3-8-12-20)23-27-26-22(28-23)18-9-5-4-6-10-18/h4-6,9-10,13-16,20-21,25H,1-3,7-8,11-12H2. The lowest BCUT2D eigenvalue weighted by Crippen LogP contribution is -2.34. The number of benzene rings is 2. The number of nitrogens with one attached hydrogen (secondary N) is 1. The molecule has 0 saturated heterocycles. The summed E-state index contributed by atoms with van der Waals surface area (Å²) in [5.74, 6) is 0.777. The highest BCUT2D eigenvalue weighted by Gasteiger charge is 2.25. The molecule has 1 atom stereocenters. The fraction of sp³-hybridized carbons (Fsp3) is 0.391. The Morgan fingerprint density at radius 1 is 0.857 bits per heavy atom. The van der Waals surface area contributed by atoms with Crippen molar-refractivity contribution in [2.24, 2.45) is 0 Å². The summed E-state index contributed by atoms with van der Waals surface area (Å²) in [5, 5.41) is 12.3. The van der Waals surface area contributed by atoms with Gasteiger partial charge in [-0.1, -0.05) is 62.4 Å². The molecule has 1 heterocycles. The SMILES string of the molecule is Fc1ccc(C(NC2CCCCCCC2)c2nnc(-c3ccccc3)o2)cc1. The fourth-order valence-electron chi connectivity index (χ4n) is 3.87. The lowest BCUT2D eigenvalue weighted by Gasteiger charge is -2.25. The molecule has 1 saturated carbocycles. The molecule has 0 radical (unpaired) electrons. The van der Waals surface area contributed by atoms with Crippen LogP contribution in [0.25, 0.3) is 11.5 Å². The summed E-state index contributed by atoms with van der Waals surface area (Å²) in [5.41, 5.74) is 1.83. The van der Waals surface area contributed by atoms with E-state index in [1.165, 1.54) is 44.2 Å². The van der Waals surface area contributed by atoms with E-state index in [-0.39, 0.29) is 11.9 Å². The Bertz CT molecular complexity index is 855. The molecule has 4 nitrogen and oxygen atoms in total. The number of halogens is 1. The maximum atomic E-state index is 13.5. The van der Waals surface area contributed by atoms with Crippen molar-refractivity contribution in [2.45, 2.75) is 57.0 Å². The molecule has 1 unspecified atom stereocenters. The minimum absolute atomic E-state index is 0.241. The van der Waals surface area contributed by atoms with Gasteiger partial charge in [0.1, 0.15) is 11.9 Å².